The third-order valence-electron chi connectivity index (χ3n) is 4.67. The van der Waals surface area contributed by atoms with Gasteiger partial charge in [0.2, 0.25) is 11.8 Å². The van der Waals surface area contributed by atoms with Gasteiger partial charge in [0, 0.05) is 19.4 Å². The van der Waals surface area contributed by atoms with E-state index in [4.69, 9.17) is 25.7 Å². The summed E-state index contributed by atoms with van der Waals surface area (Å²) in [5, 5.41) is 2.34. The quantitative estimate of drug-likeness (QED) is 0.309. The highest BCUT2D eigenvalue weighted by atomic mass is 16.6. The summed E-state index contributed by atoms with van der Waals surface area (Å²) in [6, 6.07) is -0.909. The van der Waals surface area contributed by atoms with Gasteiger partial charge in [-0.1, -0.05) is 27.7 Å². The molecule has 226 valence electrons. The standard InChI is InChI=1S/C11H21N3O4.C10H22O.C7H14O2/c1-11(2,3)18-9(16)5-4-7(10(13)17)14-8(15)6-12;1-6-10(4,5)11-8-7-9(2)3;1-5-6(8)9-7(2,3)4/h7H,4-6,12H2,1-3H3,(H2,13,17)(H,14,15);9H,6-8H2,1-5H3;5H2,1-4H3. The molecule has 0 aliphatic heterocycles. The molecule has 10 heteroatoms. The van der Waals surface area contributed by atoms with Crippen LogP contribution in [-0.2, 0) is 33.4 Å². The summed E-state index contributed by atoms with van der Waals surface area (Å²) >= 11 is 0. The monoisotopic (exact) mass is 547 g/mol. The maximum Gasteiger partial charge on any atom is 0.306 e. The minimum absolute atomic E-state index is 0.00424. The predicted molar refractivity (Wildman–Crippen MR) is 151 cm³/mol. The molecule has 0 bridgehead atoms. The Morgan fingerprint density at radius 2 is 1.29 bits per heavy atom. The molecular weight excluding hydrogens is 490 g/mol. The van der Waals surface area contributed by atoms with Crippen molar-refractivity contribution in [2.75, 3.05) is 13.2 Å². The second-order valence-corrected chi connectivity index (χ2v) is 11.9. The zero-order valence-electron chi connectivity index (χ0n) is 26.1. The third-order valence-corrected chi connectivity index (χ3v) is 4.67. The molecule has 0 saturated carbocycles. The van der Waals surface area contributed by atoms with Crippen LogP contribution in [0, 0.1) is 5.92 Å². The molecule has 0 aromatic rings. The predicted octanol–water partition coefficient (Wildman–Crippen LogP) is 4.01. The number of esters is 2. The average Bonchev–Trinajstić information content (AvgIpc) is 2.74. The normalized spacial score (nSPS) is 12.3. The molecule has 0 aromatic carbocycles. The number of hydrogen-bond donors (Lipinski definition) is 3. The number of primary amides is 1. The first-order valence-electron chi connectivity index (χ1n) is 13.4. The number of ether oxygens (including phenoxy) is 3. The van der Waals surface area contributed by atoms with Crippen LogP contribution >= 0.6 is 0 Å². The van der Waals surface area contributed by atoms with Gasteiger partial charge in [-0.3, -0.25) is 19.2 Å². The van der Waals surface area contributed by atoms with Crippen molar-refractivity contribution < 1.29 is 33.4 Å². The summed E-state index contributed by atoms with van der Waals surface area (Å²) in [5.74, 6) is -1.04. The lowest BCUT2D eigenvalue weighted by Crippen LogP contribution is -2.46. The van der Waals surface area contributed by atoms with Gasteiger partial charge in [0.25, 0.3) is 0 Å². The summed E-state index contributed by atoms with van der Waals surface area (Å²) in [6.45, 7) is 24.2. The molecule has 0 fully saturated rings. The van der Waals surface area contributed by atoms with E-state index < -0.39 is 29.4 Å². The highest BCUT2D eigenvalue weighted by Crippen LogP contribution is 2.14. The molecule has 0 radical (unpaired) electrons. The molecular formula is C28H57N3O7. The van der Waals surface area contributed by atoms with Crippen molar-refractivity contribution in [1.82, 2.24) is 5.32 Å². The van der Waals surface area contributed by atoms with Crippen molar-refractivity contribution in [2.24, 2.45) is 17.4 Å². The Bertz CT molecular complexity index is 694. The first-order valence-corrected chi connectivity index (χ1v) is 13.4. The SMILES string of the molecule is CC(C)(C)OC(=O)CCC(NC(=O)CN)C(N)=O.CCC(=O)OC(C)(C)C.CCC(C)(C)OCCC(C)C. The van der Waals surface area contributed by atoms with Gasteiger partial charge in [-0.2, -0.15) is 0 Å². The zero-order valence-corrected chi connectivity index (χ0v) is 26.1. The Morgan fingerprint density at radius 3 is 1.61 bits per heavy atom. The lowest BCUT2D eigenvalue weighted by atomic mass is 10.1. The molecule has 0 rings (SSSR count). The lowest BCUT2D eigenvalue weighted by Gasteiger charge is -2.23. The van der Waals surface area contributed by atoms with Crippen LogP contribution in [0.4, 0.5) is 0 Å². The summed E-state index contributed by atoms with van der Waals surface area (Å²) in [7, 11) is 0. The van der Waals surface area contributed by atoms with E-state index in [1.54, 1.807) is 27.7 Å². The summed E-state index contributed by atoms with van der Waals surface area (Å²) in [6.07, 6.45) is 2.80. The van der Waals surface area contributed by atoms with Gasteiger partial charge in [-0.25, -0.2) is 0 Å². The molecule has 0 saturated heterocycles. The molecule has 0 heterocycles. The maximum atomic E-state index is 11.4. The van der Waals surface area contributed by atoms with E-state index in [1.807, 2.05) is 20.8 Å². The fourth-order valence-corrected chi connectivity index (χ4v) is 2.28. The molecule has 38 heavy (non-hydrogen) atoms. The van der Waals surface area contributed by atoms with Gasteiger partial charge in [0.1, 0.15) is 17.2 Å². The molecule has 0 spiro atoms. The summed E-state index contributed by atoms with van der Waals surface area (Å²) in [5.41, 5.74) is 9.38. The molecule has 0 aliphatic carbocycles. The van der Waals surface area contributed by atoms with Crippen molar-refractivity contribution in [1.29, 1.82) is 0 Å². The number of rotatable bonds is 12. The summed E-state index contributed by atoms with van der Waals surface area (Å²) in [4.78, 5) is 44.1. The van der Waals surface area contributed by atoms with E-state index in [9.17, 15) is 19.2 Å². The minimum atomic E-state index is -0.909. The number of carbonyl (C=O) groups is 4. The van der Waals surface area contributed by atoms with Crippen LogP contribution < -0.4 is 16.8 Å². The largest absolute Gasteiger partial charge is 0.460 e. The topological polar surface area (TPSA) is 160 Å². The maximum absolute atomic E-state index is 11.4. The van der Waals surface area contributed by atoms with Crippen molar-refractivity contribution in [3.05, 3.63) is 0 Å². The van der Waals surface area contributed by atoms with E-state index in [0.717, 1.165) is 18.9 Å². The van der Waals surface area contributed by atoms with Crippen LogP contribution in [0.25, 0.3) is 0 Å². The number of amides is 2. The molecule has 0 aliphatic rings. The van der Waals surface area contributed by atoms with E-state index >= 15 is 0 Å². The molecule has 5 N–H and O–H groups in total. The average molecular weight is 548 g/mol. The highest BCUT2D eigenvalue weighted by molar-refractivity contribution is 5.87. The van der Waals surface area contributed by atoms with Crippen LogP contribution in [0.5, 0.6) is 0 Å². The number of hydrogen-bond acceptors (Lipinski definition) is 8. The Hall–Kier alpha value is -2.20. The minimum Gasteiger partial charge on any atom is -0.460 e. The Kier molecular flexibility index (Phi) is 21.0. The first kappa shape index (κ1) is 40.3. The van der Waals surface area contributed by atoms with Crippen LogP contribution in [0.2, 0.25) is 0 Å². The number of nitrogens with one attached hydrogen (secondary N) is 1. The van der Waals surface area contributed by atoms with E-state index in [1.165, 1.54) is 6.42 Å². The molecule has 10 nitrogen and oxygen atoms in total. The molecule has 0 aromatic heterocycles. The van der Waals surface area contributed by atoms with Crippen molar-refractivity contribution in [3.63, 3.8) is 0 Å². The summed E-state index contributed by atoms with van der Waals surface area (Å²) < 4.78 is 15.7. The van der Waals surface area contributed by atoms with Gasteiger partial charge in [-0.15, -0.1) is 0 Å². The second-order valence-electron chi connectivity index (χ2n) is 11.9. The van der Waals surface area contributed by atoms with Gasteiger partial charge in [-0.05, 0) is 80.6 Å². The fraction of sp³-hybridized carbons (Fsp3) is 0.857. The highest BCUT2D eigenvalue weighted by Gasteiger charge is 2.21. The molecule has 1 atom stereocenters. The van der Waals surface area contributed by atoms with Crippen molar-refractivity contribution >= 4 is 23.8 Å². The van der Waals surface area contributed by atoms with E-state index in [-0.39, 0.29) is 36.6 Å². The van der Waals surface area contributed by atoms with Gasteiger partial charge >= 0.3 is 11.9 Å². The van der Waals surface area contributed by atoms with Gasteiger partial charge in [0.05, 0.1) is 12.1 Å². The fourth-order valence-electron chi connectivity index (χ4n) is 2.28. The van der Waals surface area contributed by atoms with Gasteiger partial charge in [0.15, 0.2) is 0 Å². The zero-order chi connectivity index (χ0) is 30.7. The van der Waals surface area contributed by atoms with Crippen LogP contribution in [-0.4, -0.2) is 59.7 Å². The number of nitrogens with two attached hydrogens (primary N) is 2. The van der Waals surface area contributed by atoms with Crippen LogP contribution in [0.15, 0.2) is 0 Å². The molecule has 2 amide bonds. The van der Waals surface area contributed by atoms with E-state index in [0.29, 0.717) is 6.42 Å². The van der Waals surface area contributed by atoms with Crippen LogP contribution in [0.3, 0.4) is 0 Å². The Balaban J connectivity index is -0.000000524. The van der Waals surface area contributed by atoms with E-state index in [2.05, 4.69) is 39.9 Å². The number of carbonyl (C=O) groups excluding carboxylic acids is 4. The first-order chi connectivity index (χ1) is 17.1. The van der Waals surface area contributed by atoms with Crippen LogP contribution in [0.1, 0.15) is 115 Å². The lowest BCUT2D eigenvalue weighted by molar-refractivity contribution is -0.156. The second kappa shape index (κ2) is 19.8. The smallest absolute Gasteiger partial charge is 0.306 e. The Morgan fingerprint density at radius 1 is 0.816 bits per heavy atom. The van der Waals surface area contributed by atoms with Crippen molar-refractivity contribution in [2.45, 2.75) is 138 Å². The van der Waals surface area contributed by atoms with Gasteiger partial charge < -0.3 is 31.0 Å². The van der Waals surface area contributed by atoms with Crippen molar-refractivity contribution in [3.8, 4) is 0 Å². The molecule has 1 unspecified atom stereocenters. The third kappa shape index (κ3) is 30.0. The Labute approximate surface area is 231 Å².